The molecule has 0 radical (unpaired) electrons. The maximum Gasteiger partial charge on any atom is 0.262 e. The lowest BCUT2D eigenvalue weighted by molar-refractivity contribution is -0.117. The Morgan fingerprint density at radius 3 is 2.36 bits per heavy atom. The molecule has 3 aliphatic heterocycles. The third-order valence-electron chi connectivity index (χ3n) is 12.3. The summed E-state index contributed by atoms with van der Waals surface area (Å²) in [6.45, 7) is 14.3. The van der Waals surface area contributed by atoms with Gasteiger partial charge in [-0.2, -0.15) is 0 Å². The van der Waals surface area contributed by atoms with Gasteiger partial charge in [-0.25, -0.2) is 4.39 Å². The number of aromatic nitrogens is 3. The van der Waals surface area contributed by atoms with E-state index in [9.17, 15) is 14.4 Å². The molecule has 1 unspecified atom stereocenters. The number of hydrogen-bond acceptors (Lipinski definition) is 8. The number of imide groups is 1. The summed E-state index contributed by atoms with van der Waals surface area (Å²) < 4.78 is 17.6. The van der Waals surface area contributed by atoms with Crippen molar-refractivity contribution in [2.45, 2.75) is 58.5 Å². The minimum Gasteiger partial charge on any atom is -0.369 e. The van der Waals surface area contributed by atoms with Crippen LogP contribution in [-0.4, -0.2) is 98.7 Å². The van der Waals surface area contributed by atoms with Crippen molar-refractivity contribution in [2.24, 2.45) is 13.0 Å². The van der Waals surface area contributed by atoms with Crippen LogP contribution in [0.3, 0.4) is 0 Å². The summed E-state index contributed by atoms with van der Waals surface area (Å²) in [5.74, 6) is -0.214. The van der Waals surface area contributed by atoms with Crippen molar-refractivity contribution in [1.82, 2.24) is 29.2 Å². The van der Waals surface area contributed by atoms with E-state index < -0.39 is 6.04 Å². The molecule has 10 nitrogen and oxygen atoms in total. The Hall–Kier alpha value is -5.26. The van der Waals surface area contributed by atoms with Gasteiger partial charge in [-0.05, 0) is 107 Å². The van der Waals surface area contributed by atoms with Crippen LogP contribution in [0.1, 0.15) is 72.4 Å². The number of rotatable bonds is 12. The van der Waals surface area contributed by atoms with Crippen molar-refractivity contribution in [3.05, 3.63) is 102 Å². The summed E-state index contributed by atoms with van der Waals surface area (Å²) in [5, 5.41) is 2.24. The molecule has 3 aromatic heterocycles. The number of benzene rings is 2. The number of aryl methyl sites for hydroxylation is 1. The van der Waals surface area contributed by atoms with Crippen molar-refractivity contribution in [2.75, 3.05) is 50.7 Å². The highest BCUT2D eigenvalue weighted by Gasteiger charge is 2.40. The summed E-state index contributed by atoms with van der Waals surface area (Å²) in [4.78, 5) is 55.8. The topological polar surface area (TPSA) is 94.9 Å². The maximum absolute atomic E-state index is 15.4. The SMILES string of the molecule is C=C(C)C(CCC(C)=O)N1C(=O)c2ccc(N3CCN(CCC4CCN(Cc5ncc(-c6ccc7c8cnccc8n(C)c7c6)cc5F)CC4)CC3)cc2C1=O. The molecule has 1 atom stereocenters. The third kappa shape index (κ3) is 7.37. The molecule has 5 aromatic rings. The molecule has 11 heteroatoms. The van der Waals surface area contributed by atoms with Gasteiger partial charge < -0.3 is 14.3 Å². The Morgan fingerprint density at radius 2 is 1.62 bits per heavy atom. The van der Waals surface area contributed by atoms with Gasteiger partial charge in [-0.15, -0.1) is 0 Å². The van der Waals surface area contributed by atoms with Crippen LogP contribution in [-0.2, 0) is 18.4 Å². The summed E-state index contributed by atoms with van der Waals surface area (Å²) in [5.41, 5.74) is 6.91. The molecule has 3 aliphatic rings. The maximum atomic E-state index is 15.4. The van der Waals surface area contributed by atoms with Crippen LogP contribution >= 0.6 is 0 Å². The fourth-order valence-electron chi connectivity index (χ4n) is 8.88. The summed E-state index contributed by atoms with van der Waals surface area (Å²) >= 11 is 0. The number of carbonyl (C=O) groups excluding carboxylic acids is 3. The predicted octanol–water partition coefficient (Wildman–Crippen LogP) is 7.26. The second-order valence-electron chi connectivity index (χ2n) is 16.0. The number of nitrogens with zero attached hydrogens (tertiary/aromatic N) is 7. The minimum absolute atomic E-state index is 0.0228. The van der Waals surface area contributed by atoms with Crippen LogP contribution in [0.25, 0.3) is 32.9 Å². The van der Waals surface area contributed by atoms with Crippen LogP contribution in [0.4, 0.5) is 10.1 Å². The van der Waals surface area contributed by atoms with Crippen molar-refractivity contribution < 1.29 is 18.8 Å². The van der Waals surface area contributed by atoms with Gasteiger partial charge in [-0.1, -0.05) is 24.3 Å². The number of ketones is 1. The largest absolute Gasteiger partial charge is 0.369 e. The Labute approximate surface area is 327 Å². The number of halogens is 1. The van der Waals surface area contributed by atoms with E-state index in [-0.39, 0.29) is 23.4 Å². The fourth-order valence-corrected chi connectivity index (χ4v) is 8.88. The standard InChI is InChI=1S/C45H50FN7O3/c1-29(2)41(10-5-30(3)54)53-44(55)36-9-7-34(25-37(36)45(53)56)52-21-19-50(20-22-52)16-12-31-13-17-51(18-14-31)28-40-39(46)23-33(26-48-40)32-6-8-35-38-27-47-15-11-42(38)49(4)43(35)24-32/h6-9,11,15,23-27,31,41H,1,5,10,12-14,16-22,28H2,2-4H3. The van der Waals surface area contributed by atoms with Gasteiger partial charge in [0.15, 0.2) is 0 Å². The molecule has 8 rings (SSSR count). The highest BCUT2D eigenvalue weighted by atomic mass is 19.1. The molecular weight excluding hydrogens is 706 g/mol. The number of fused-ring (bicyclic) bond motifs is 4. The van der Waals surface area contributed by atoms with E-state index in [4.69, 9.17) is 0 Å². The van der Waals surface area contributed by atoms with Gasteiger partial charge in [0.2, 0.25) is 0 Å². The molecule has 0 spiro atoms. The Kier molecular flexibility index (Phi) is 10.6. The number of anilines is 1. The molecular formula is C45H50FN7O3. The van der Waals surface area contributed by atoms with Crippen LogP contribution in [0.15, 0.2) is 79.3 Å². The van der Waals surface area contributed by atoms with E-state index >= 15 is 4.39 Å². The van der Waals surface area contributed by atoms with Gasteiger partial charge in [0, 0.05) is 92.3 Å². The van der Waals surface area contributed by atoms with Crippen LogP contribution in [0, 0.1) is 11.7 Å². The number of piperidine rings is 1. The summed E-state index contributed by atoms with van der Waals surface area (Å²) in [6.07, 6.45) is 9.51. The number of hydrogen-bond donors (Lipinski definition) is 0. The van der Waals surface area contributed by atoms with Crippen LogP contribution in [0.5, 0.6) is 0 Å². The second kappa shape index (κ2) is 15.7. The fraction of sp³-hybridized carbons (Fsp3) is 0.400. The number of piperazine rings is 1. The van der Waals surface area contributed by atoms with Crippen molar-refractivity contribution in [3.8, 4) is 11.1 Å². The molecule has 0 N–H and O–H groups in total. The zero-order chi connectivity index (χ0) is 39.1. The van der Waals surface area contributed by atoms with Gasteiger partial charge in [0.05, 0.1) is 28.4 Å². The van der Waals surface area contributed by atoms with Gasteiger partial charge >= 0.3 is 0 Å². The molecule has 56 heavy (non-hydrogen) atoms. The van der Waals surface area contributed by atoms with Crippen LogP contribution in [0.2, 0.25) is 0 Å². The first-order valence-electron chi connectivity index (χ1n) is 19.9. The molecule has 0 bridgehead atoms. The summed E-state index contributed by atoms with van der Waals surface area (Å²) in [6, 6.07) is 14.9. The smallest absolute Gasteiger partial charge is 0.262 e. The Bertz CT molecular complexity index is 2340. The Morgan fingerprint density at radius 1 is 0.857 bits per heavy atom. The second-order valence-corrected chi connectivity index (χ2v) is 16.0. The average Bonchev–Trinajstić information content (AvgIpc) is 3.63. The first-order valence-corrected chi connectivity index (χ1v) is 19.9. The van der Waals surface area contributed by atoms with E-state index in [1.165, 1.54) is 11.8 Å². The molecule has 0 aliphatic carbocycles. The van der Waals surface area contributed by atoms with E-state index in [1.807, 2.05) is 37.5 Å². The highest BCUT2D eigenvalue weighted by Crippen LogP contribution is 2.34. The van der Waals surface area contributed by atoms with Crippen molar-refractivity contribution in [1.29, 1.82) is 0 Å². The van der Waals surface area contributed by atoms with Crippen LogP contribution < -0.4 is 4.90 Å². The quantitative estimate of drug-likeness (QED) is 0.0971. The molecule has 0 saturated carbocycles. The van der Waals surface area contributed by atoms with Crippen molar-refractivity contribution >= 4 is 45.1 Å². The van der Waals surface area contributed by atoms with Gasteiger partial charge in [-0.3, -0.25) is 34.3 Å². The van der Waals surface area contributed by atoms with E-state index in [1.54, 1.807) is 31.5 Å². The number of carbonyl (C=O) groups is 3. The number of Topliss-reactive ketones (excluding diaryl/α,β-unsaturated/α-hetero) is 1. The molecule has 290 valence electrons. The van der Waals surface area contributed by atoms with Gasteiger partial charge in [0.25, 0.3) is 11.8 Å². The molecule has 6 heterocycles. The Balaban J connectivity index is 0.799. The highest BCUT2D eigenvalue weighted by molar-refractivity contribution is 6.22. The lowest BCUT2D eigenvalue weighted by atomic mass is 9.93. The first-order chi connectivity index (χ1) is 27.0. The van der Waals surface area contributed by atoms with E-state index in [0.29, 0.717) is 47.7 Å². The lowest BCUT2D eigenvalue weighted by Gasteiger charge is -2.37. The van der Waals surface area contributed by atoms with Crippen molar-refractivity contribution in [3.63, 3.8) is 0 Å². The average molecular weight is 756 g/mol. The zero-order valence-electron chi connectivity index (χ0n) is 32.6. The molecule has 2 amide bonds. The predicted molar refractivity (Wildman–Crippen MR) is 218 cm³/mol. The normalized spacial score (nSPS) is 17.6. The molecule has 2 fully saturated rings. The molecule has 2 saturated heterocycles. The monoisotopic (exact) mass is 755 g/mol. The minimum atomic E-state index is -0.495. The zero-order valence-corrected chi connectivity index (χ0v) is 32.6. The number of amides is 2. The van der Waals surface area contributed by atoms with Gasteiger partial charge in [0.1, 0.15) is 11.6 Å². The first kappa shape index (κ1) is 37.7. The summed E-state index contributed by atoms with van der Waals surface area (Å²) in [7, 11) is 2.05. The molecule has 2 aromatic carbocycles. The third-order valence-corrected chi connectivity index (χ3v) is 12.3. The number of pyridine rings is 2. The van der Waals surface area contributed by atoms with E-state index in [2.05, 4.69) is 47.9 Å². The number of likely N-dealkylation sites (tertiary alicyclic amines) is 1. The lowest BCUT2D eigenvalue weighted by Crippen LogP contribution is -2.47. The van der Waals surface area contributed by atoms with E-state index in [0.717, 1.165) is 104 Å².